The molecule has 0 amide bonds. The van der Waals surface area contributed by atoms with Crippen molar-refractivity contribution in [3.8, 4) is 0 Å². The van der Waals surface area contributed by atoms with Gasteiger partial charge in [0.25, 0.3) is 0 Å². The summed E-state index contributed by atoms with van der Waals surface area (Å²) in [5.74, 6) is 0. The maximum atomic E-state index is 4.22. The Morgan fingerprint density at radius 3 is 2.59 bits per heavy atom. The predicted octanol–water partition coefficient (Wildman–Crippen LogP) is 2.52. The maximum absolute atomic E-state index is 4.22. The third-order valence-corrected chi connectivity index (χ3v) is 3.78. The molecule has 3 nitrogen and oxygen atoms in total. The van der Waals surface area contributed by atoms with Crippen molar-refractivity contribution >= 4 is 0 Å². The van der Waals surface area contributed by atoms with E-state index in [-0.39, 0.29) is 5.54 Å². The van der Waals surface area contributed by atoms with Crippen LogP contribution in [0.3, 0.4) is 0 Å². The predicted molar refractivity (Wildman–Crippen MR) is 71.0 cm³/mol. The molecule has 1 heterocycles. The van der Waals surface area contributed by atoms with E-state index >= 15 is 0 Å². The van der Waals surface area contributed by atoms with Crippen LogP contribution in [0.5, 0.6) is 0 Å². The molecular weight excluding hydrogens is 210 g/mol. The number of nitrogens with zero attached hydrogens (tertiary/aromatic N) is 2. The fourth-order valence-electron chi connectivity index (χ4n) is 2.18. The second-order valence-electron chi connectivity index (χ2n) is 6.55. The largest absolute Gasteiger partial charge is 0.312 e. The zero-order valence-electron chi connectivity index (χ0n) is 11.6. The number of aryl methyl sites for hydroxylation is 2. The van der Waals surface area contributed by atoms with Gasteiger partial charge in [0.05, 0.1) is 0 Å². The van der Waals surface area contributed by atoms with Crippen LogP contribution in [0.1, 0.15) is 45.7 Å². The van der Waals surface area contributed by atoms with Gasteiger partial charge in [0.15, 0.2) is 0 Å². The summed E-state index contributed by atoms with van der Waals surface area (Å²) < 4.78 is 1.99. The molecule has 1 aliphatic rings. The second kappa shape index (κ2) is 4.45. The summed E-state index contributed by atoms with van der Waals surface area (Å²) in [7, 11) is 2.03. The monoisotopic (exact) mass is 235 g/mol. The van der Waals surface area contributed by atoms with Crippen LogP contribution in [-0.2, 0) is 13.5 Å². The second-order valence-corrected chi connectivity index (χ2v) is 6.55. The highest BCUT2D eigenvalue weighted by atomic mass is 15.2. The summed E-state index contributed by atoms with van der Waals surface area (Å²) in [6.07, 6.45) is 7.10. The molecular formula is C14H25N3. The van der Waals surface area contributed by atoms with Crippen LogP contribution >= 0.6 is 0 Å². The lowest BCUT2D eigenvalue weighted by atomic mass is 9.97. The molecule has 1 aliphatic carbocycles. The standard InChI is InChI=1S/C14H25N3/c1-13(2,3)15-11-14(8-9-14)7-5-12-6-10-16-17(12)4/h6,10,15H,5,7-9,11H2,1-4H3. The van der Waals surface area contributed by atoms with E-state index < -0.39 is 0 Å². The van der Waals surface area contributed by atoms with Crippen LogP contribution in [0.4, 0.5) is 0 Å². The molecule has 0 bridgehead atoms. The first-order valence-electron chi connectivity index (χ1n) is 6.62. The van der Waals surface area contributed by atoms with Crippen molar-refractivity contribution in [1.82, 2.24) is 15.1 Å². The Morgan fingerprint density at radius 2 is 2.12 bits per heavy atom. The molecule has 1 aromatic rings. The Kier molecular flexibility index (Phi) is 3.30. The van der Waals surface area contributed by atoms with E-state index in [1.807, 2.05) is 17.9 Å². The molecule has 17 heavy (non-hydrogen) atoms. The highest BCUT2D eigenvalue weighted by Gasteiger charge is 2.42. The van der Waals surface area contributed by atoms with Crippen LogP contribution < -0.4 is 5.32 Å². The van der Waals surface area contributed by atoms with E-state index in [0.717, 1.165) is 13.0 Å². The van der Waals surface area contributed by atoms with E-state index in [2.05, 4.69) is 37.3 Å². The van der Waals surface area contributed by atoms with Gasteiger partial charge >= 0.3 is 0 Å². The first-order chi connectivity index (χ1) is 7.90. The maximum Gasteiger partial charge on any atom is 0.0492 e. The fraction of sp³-hybridized carbons (Fsp3) is 0.786. The van der Waals surface area contributed by atoms with Crippen molar-refractivity contribution < 1.29 is 0 Å². The summed E-state index contributed by atoms with van der Waals surface area (Å²) in [6, 6.07) is 2.13. The van der Waals surface area contributed by atoms with Gasteiger partial charge in [-0.05, 0) is 57.9 Å². The molecule has 0 unspecified atom stereocenters. The molecule has 0 atom stereocenters. The van der Waals surface area contributed by atoms with E-state index in [1.165, 1.54) is 25.0 Å². The van der Waals surface area contributed by atoms with Gasteiger partial charge in [-0.1, -0.05) is 0 Å². The first kappa shape index (κ1) is 12.6. The van der Waals surface area contributed by atoms with Crippen LogP contribution in [-0.4, -0.2) is 21.9 Å². The topological polar surface area (TPSA) is 29.9 Å². The number of nitrogens with one attached hydrogen (secondary N) is 1. The van der Waals surface area contributed by atoms with Crippen molar-refractivity contribution in [2.24, 2.45) is 12.5 Å². The lowest BCUT2D eigenvalue weighted by Crippen LogP contribution is -2.39. The molecule has 3 heteroatoms. The molecule has 2 rings (SSSR count). The van der Waals surface area contributed by atoms with E-state index in [4.69, 9.17) is 0 Å². The number of hydrogen-bond acceptors (Lipinski definition) is 2. The number of rotatable bonds is 5. The SMILES string of the molecule is Cn1nccc1CCC1(CNC(C)(C)C)CC1. The highest BCUT2D eigenvalue weighted by molar-refractivity contribution is 5.04. The highest BCUT2D eigenvalue weighted by Crippen LogP contribution is 2.49. The number of aromatic nitrogens is 2. The first-order valence-corrected chi connectivity index (χ1v) is 6.62. The van der Waals surface area contributed by atoms with Gasteiger partial charge in [0.2, 0.25) is 0 Å². The summed E-state index contributed by atoms with van der Waals surface area (Å²) in [5, 5.41) is 7.87. The van der Waals surface area contributed by atoms with E-state index in [0.29, 0.717) is 5.41 Å². The third kappa shape index (κ3) is 3.56. The Labute approximate surface area is 105 Å². The van der Waals surface area contributed by atoms with Gasteiger partial charge in [-0.2, -0.15) is 5.10 Å². The molecule has 1 fully saturated rings. The molecule has 1 saturated carbocycles. The van der Waals surface area contributed by atoms with E-state index in [1.54, 1.807) is 0 Å². The Balaban J connectivity index is 1.81. The lowest BCUT2D eigenvalue weighted by molar-refractivity contribution is 0.343. The molecule has 0 saturated heterocycles. The zero-order chi connectivity index (χ0) is 12.5. The smallest absolute Gasteiger partial charge is 0.0492 e. The third-order valence-electron chi connectivity index (χ3n) is 3.78. The minimum atomic E-state index is 0.238. The van der Waals surface area contributed by atoms with Crippen LogP contribution in [0.2, 0.25) is 0 Å². The minimum Gasteiger partial charge on any atom is -0.312 e. The van der Waals surface area contributed by atoms with Crippen molar-refractivity contribution in [1.29, 1.82) is 0 Å². The van der Waals surface area contributed by atoms with Crippen molar-refractivity contribution in [3.63, 3.8) is 0 Å². The number of hydrogen-bond donors (Lipinski definition) is 1. The van der Waals surface area contributed by atoms with Gasteiger partial charge in [-0.15, -0.1) is 0 Å². The fourth-order valence-corrected chi connectivity index (χ4v) is 2.18. The van der Waals surface area contributed by atoms with Gasteiger partial charge in [-0.25, -0.2) is 0 Å². The summed E-state index contributed by atoms with van der Waals surface area (Å²) in [4.78, 5) is 0. The molecule has 0 aliphatic heterocycles. The molecule has 0 radical (unpaired) electrons. The van der Waals surface area contributed by atoms with Gasteiger partial charge in [-0.3, -0.25) is 4.68 Å². The van der Waals surface area contributed by atoms with Gasteiger partial charge in [0, 0.05) is 31.0 Å². The molecule has 0 aromatic carbocycles. The van der Waals surface area contributed by atoms with Gasteiger partial charge < -0.3 is 5.32 Å². The lowest BCUT2D eigenvalue weighted by Gasteiger charge is -2.25. The molecule has 96 valence electrons. The van der Waals surface area contributed by atoms with Crippen LogP contribution in [0, 0.1) is 5.41 Å². The molecule has 1 aromatic heterocycles. The van der Waals surface area contributed by atoms with E-state index in [9.17, 15) is 0 Å². The summed E-state index contributed by atoms with van der Waals surface area (Å²) >= 11 is 0. The van der Waals surface area contributed by atoms with Gasteiger partial charge in [0.1, 0.15) is 0 Å². The summed E-state index contributed by atoms with van der Waals surface area (Å²) in [5.41, 5.74) is 2.16. The summed E-state index contributed by atoms with van der Waals surface area (Å²) in [6.45, 7) is 7.88. The van der Waals surface area contributed by atoms with Crippen LogP contribution in [0.25, 0.3) is 0 Å². The average molecular weight is 235 g/mol. The average Bonchev–Trinajstić information content (AvgIpc) is 2.90. The Bertz CT molecular complexity index is 369. The Hall–Kier alpha value is -0.830. The van der Waals surface area contributed by atoms with Crippen molar-refractivity contribution in [3.05, 3.63) is 18.0 Å². The molecule has 0 spiro atoms. The van der Waals surface area contributed by atoms with Crippen molar-refractivity contribution in [2.45, 2.75) is 52.0 Å². The Morgan fingerprint density at radius 1 is 1.41 bits per heavy atom. The normalized spacial score (nSPS) is 18.4. The zero-order valence-corrected chi connectivity index (χ0v) is 11.6. The van der Waals surface area contributed by atoms with Crippen LogP contribution in [0.15, 0.2) is 12.3 Å². The quantitative estimate of drug-likeness (QED) is 0.850. The molecule has 1 N–H and O–H groups in total. The van der Waals surface area contributed by atoms with Crippen molar-refractivity contribution in [2.75, 3.05) is 6.54 Å². The minimum absolute atomic E-state index is 0.238.